The Morgan fingerprint density at radius 2 is 1.44 bits per heavy atom. The molecule has 2 aromatic heterocycles. The van der Waals surface area contributed by atoms with Crippen LogP contribution in [0.25, 0.3) is 0 Å². The average molecular weight is 528 g/mol. The number of carboxylic acid groups (broad SMARTS) is 2. The maximum Gasteiger partial charge on any atom is 0.490 e. The molecule has 36 heavy (non-hydrogen) atoms. The fraction of sp³-hybridized carbons (Fsp3) is 0.571. The Balaban J connectivity index is 0.000000271. The fourth-order valence-electron chi connectivity index (χ4n) is 4.12. The highest BCUT2D eigenvalue weighted by molar-refractivity contribution is 5.73. The van der Waals surface area contributed by atoms with Crippen LogP contribution in [0.3, 0.4) is 0 Å². The Kier molecular flexibility index (Phi) is 9.54. The standard InChI is InChI=1S/C17H24N4O.2C2HF3O2/c1-13-3-4-15(22-13)12-21-8-6-16-17(21)5-7-20(16)11-14-9-18-19(2)10-14;2*3-2(4,5)1(6)7/h3-4,9-10,16-17H,5-8,11-12H2,1-2H3;2*(H,6,7)/t16-,17+;;/m0../s1. The summed E-state index contributed by atoms with van der Waals surface area (Å²) in [7, 11) is 1.99. The van der Waals surface area contributed by atoms with E-state index >= 15 is 0 Å². The molecule has 2 aromatic rings. The van der Waals surface area contributed by atoms with Crippen LogP contribution in [-0.4, -0.2) is 79.3 Å². The zero-order valence-corrected chi connectivity index (χ0v) is 19.4. The minimum atomic E-state index is -5.08. The van der Waals surface area contributed by atoms with Gasteiger partial charge in [-0.2, -0.15) is 31.4 Å². The lowest BCUT2D eigenvalue weighted by molar-refractivity contribution is -0.193. The van der Waals surface area contributed by atoms with Crippen LogP contribution < -0.4 is 0 Å². The van der Waals surface area contributed by atoms with Gasteiger partial charge in [-0.05, 0) is 31.9 Å². The molecule has 0 bridgehead atoms. The topological polar surface area (TPSA) is 112 Å². The number of carboxylic acids is 2. The number of likely N-dealkylation sites (tertiary alicyclic amines) is 2. The van der Waals surface area contributed by atoms with E-state index in [0.29, 0.717) is 12.1 Å². The second-order valence-electron chi connectivity index (χ2n) is 8.29. The highest BCUT2D eigenvalue weighted by Gasteiger charge is 2.42. The summed E-state index contributed by atoms with van der Waals surface area (Å²) in [6.07, 6.45) is -3.51. The first kappa shape index (κ1) is 29.2. The normalized spacial score (nSPS) is 20.2. The van der Waals surface area contributed by atoms with Gasteiger partial charge in [-0.15, -0.1) is 0 Å². The summed E-state index contributed by atoms with van der Waals surface area (Å²) in [5.41, 5.74) is 1.32. The van der Waals surface area contributed by atoms with E-state index < -0.39 is 24.3 Å². The number of fused-ring (bicyclic) bond motifs is 1. The van der Waals surface area contributed by atoms with Gasteiger partial charge in [-0.25, -0.2) is 9.59 Å². The molecule has 4 heterocycles. The minimum Gasteiger partial charge on any atom is -0.475 e. The zero-order valence-electron chi connectivity index (χ0n) is 19.4. The highest BCUT2D eigenvalue weighted by Crippen LogP contribution is 2.33. The number of nitrogens with zero attached hydrogens (tertiary/aromatic N) is 4. The molecule has 2 aliphatic rings. The number of furan rings is 1. The van der Waals surface area contributed by atoms with Crippen molar-refractivity contribution in [2.45, 2.75) is 57.3 Å². The van der Waals surface area contributed by atoms with Gasteiger partial charge in [0, 0.05) is 50.5 Å². The zero-order chi connectivity index (χ0) is 27.3. The SMILES string of the molecule is Cc1ccc(CN2CC[C@H]3[C@H]2CCN3Cc2cnn(C)c2)o1.O=C(O)C(F)(F)F.O=C(O)C(F)(F)F. The number of aromatic nitrogens is 2. The van der Waals surface area contributed by atoms with Crippen LogP contribution in [0, 0.1) is 6.92 Å². The fourth-order valence-corrected chi connectivity index (χ4v) is 4.12. The van der Waals surface area contributed by atoms with Crippen molar-refractivity contribution in [2.24, 2.45) is 7.05 Å². The van der Waals surface area contributed by atoms with Gasteiger partial charge in [-0.3, -0.25) is 14.5 Å². The van der Waals surface area contributed by atoms with E-state index in [1.54, 1.807) is 0 Å². The van der Waals surface area contributed by atoms with Gasteiger partial charge in [0.15, 0.2) is 0 Å². The lowest BCUT2D eigenvalue weighted by Gasteiger charge is -2.24. The third-order valence-electron chi connectivity index (χ3n) is 5.59. The number of aliphatic carboxylic acids is 2. The predicted molar refractivity (Wildman–Crippen MR) is 112 cm³/mol. The van der Waals surface area contributed by atoms with E-state index in [4.69, 9.17) is 24.2 Å². The molecule has 0 amide bonds. The molecule has 4 rings (SSSR count). The van der Waals surface area contributed by atoms with E-state index in [-0.39, 0.29) is 0 Å². The molecule has 0 aromatic carbocycles. The molecule has 0 spiro atoms. The van der Waals surface area contributed by atoms with E-state index in [9.17, 15) is 26.3 Å². The van der Waals surface area contributed by atoms with Crippen LogP contribution in [0.15, 0.2) is 28.9 Å². The summed E-state index contributed by atoms with van der Waals surface area (Å²) >= 11 is 0. The first-order valence-corrected chi connectivity index (χ1v) is 10.7. The second-order valence-corrected chi connectivity index (χ2v) is 8.29. The van der Waals surface area contributed by atoms with Gasteiger partial charge in [0.1, 0.15) is 11.5 Å². The maximum absolute atomic E-state index is 10.6. The van der Waals surface area contributed by atoms with Crippen molar-refractivity contribution in [1.29, 1.82) is 0 Å². The molecule has 0 radical (unpaired) electrons. The van der Waals surface area contributed by atoms with Crippen molar-refractivity contribution in [3.8, 4) is 0 Å². The van der Waals surface area contributed by atoms with Crippen LogP contribution >= 0.6 is 0 Å². The van der Waals surface area contributed by atoms with Crippen LogP contribution in [0.1, 0.15) is 29.9 Å². The molecule has 2 N–H and O–H groups in total. The van der Waals surface area contributed by atoms with Crippen LogP contribution in [0.5, 0.6) is 0 Å². The molecule has 2 aliphatic heterocycles. The number of rotatable bonds is 4. The van der Waals surface area contributed by atoms with Gasteiger partial charge in [0.05, 0.1) is 12.7 Å². The Morgan fingerprint density at radius 1 is 0.972 bits per heavy atom. The number of hydrogen-bond donors (Lipinski definition) is 2. The Morgan fingerprint density at radius 3 is 1.81 bits per heavy atom. The van der Waals surface area contributed by atoms with Crippen molar-refractivity contribution in [3.63, 3.8) is 0 Å². The Labute approximate surface area is 201 Å². The van der Waals surface area contributed by atoms with Crippen LogP contribution in [0.2, 0.25) is 0 Å². The Bertz CT molecular complexity index is 939. The van der Waals surface area contributed by atoms with Gasteiger partial charge < -0.3 is 14.6 Å². The lowest BCUT2D eigenvalue weighted by atomic mass is 10.1. The molecule has 202 valence electrons. The number of hydrogen-bond acceptors (Lipinski definition) is 6. The third kappa shape index (κ3) is 8.55. The summed E-state index contributed by atoms with van der Waals surface area (Å²) in [6.45, 7) is 6.37. The molecule has 0 unspecified atom stereocenters. The van der Waals surface area contributed by atoms with Gasteiger partial charge in [-0.1, -0.05) is 0 Å². The summed E-state index contributed by atoms with van der Waals surface area (Å²) in [4.78, 5) is 23.0. The van der Waals surface area contributed by atoms with Crippen molar-refractivity contribution >= 4 is 11.9 Å². The molecule has 15 heteroatoms. The first-order chi connectivity index (χ1) is 16.6. The third-order valence-corrected chi connectivity index (χ3v) is 5.59. The van der Waals surface area contributed by atoms with Crippen LogP contribution in [0.4, 0.5) is 26.3 Å². The van der Waals surface area contributed by atoms with Crippen molar-refractivity contribution in [1.82, 2.24) is 19.6 Å². The van der Waals surface area contributed by atoms with Gasteiger partial charge >= 0.3 is 24.3 Å². The second kappa shape index (κ2) is 11.8. The van der Waals surface area contributed by atoms with Gasteiger partial charge in [0.25, 0.3) is 0 Å². The monoisotopic (exact) mass is 528 g/mol. The number of halogens is 6. The molecule has 2 fully saturated rings. The molecular formula is C21H26F6N4O5. The van der Waals surface area contributed by atoms with E-state index in [1.807, 2.05) is 24.9 Å². The van der Waals surface area contributed by atoms with E-state index in [1.165, 1.54) is 31.5 Å². The first-order valence-electron chi connectivity index (χ1n) is 10.7. The van der Waals surface area contributed by atoms with Crippen LogP contribution in [-0.2, 0) is 29.7 Å². The smallest absolute Gasteiger partial charge is 0.475 e. The number of alkyl halides is 6. The molecule has 0 aliphatic carbocycles. The largest absolute Gasteiger partial charge is 0.490 e. The molecular weight excluding hydrogens is 502 g/mol. The van der Waals surface area contributed by atoms with Crippen molar-refractivity contribution < 1.29 is 50.6 Å². The highest BCUT2D eigenvalue weighted by atomic mass is 19.4. The lowest BCUT2D eigenvalue weighted by Crippen LogP contribution is -2.35. The Hall–Kier alpha value is -3.07. The average Bonchev–Trinajstić information content (AvgIpc) is 3.51. The maximum atomic E-state index is 10.6. The van der Waals surface area contributed by atoms with Crippen molar-refractivity contribution in [3.05, 3.63) is 41.6 Å². The summed E-state index contributed by atoms with van der Waals surface area (Å²) in [6, 6.07) is 5.55. The molecule has 9 nitrogen and oxygen atoms in total. The molecule has 2 saturated heterocycles. The summed E-state index contributed by atoms with van der Waals surface area (Å²) in [5.74, 6) is -3.40. The molecule has 0 saturated carbocycles. The van der Waals surface area contributed by atoms with E-state index in [2.05, 4.69) is 33.2 Å². The summed E-state index contributed by atoms with van der Waals surface area (Å²) in [5, 5.41) is 18.5. The minimum absolute atomic E-state index is 0.682. The molecule has 2 atom stereocenters. The predicted octanol–water partition coefficient (Wildman–Crippen LogP) is 3.44. The van der Waals surface area contributed by atoms with Crippen molar-refractivity contribution in [2.75, 3.05) is 13.1 Å². The van der Waals surface area contributed by atoms with E-state index in [0.717, 1.165) is 24.6 Å². The quantitative estimate of drug-likeness (QED) is 0.581. The number of carbonyl (C=O) groups is 2. The summed E-state index contributed by atoms with van der Waals surface area (Å²) < 4.78 is 71.1. The number of aryl methyl sites for hydroxylation is 2. The van der Waals surface area contributed by atoms with Gasteiger partial charge in [0.2, 0.25) is 0 Å².